The van der Waals surface area contributed by atoms with Gasteiger partial charge >= 0.3 is 0 Å². The standard InChI is InChI=1S/C8H7N5O/c9-8-6(12-14)5-11-13(8)7-3-1-2-4-10-7/h1-5H,9H2. The summed E-state index contributed by atoms with van der Waals surface area (Å²) in [6, 6.07) is 5.32. The second kappa shape index (κ2) is 3.25. The van der Waals surface area contributed by atoms with Gasteiger partial charge in [0.25, 0.3) is 0 Å². The Bertz CT molecular complexity index is 450. The van der Waals surface area contributed by atoms with Gasteiger partial charge in [-0.05, 0) is 17.3 Å². The molecule has 0 fully saturated rings. The van der Waals surface area contributed by atoms with Crippen LogP contribution < -0.4 is 5.73 Å². The Labute approximate surface area is 79.4 Å². The lowest BCUT2D eigenvalue weighted by molar-refractivity contribution is 0.857. The molecule has 2 heterocycles. The number of rotatable bonds is 2. The molecule has 2 N–H and O–H groups in total. The predicted octanol–water partition coefficient (Wildman–Crippen LogP) is 1.25. The Morgan fingerprint density at radius 3 is 2.86 bits per heavy atom. The Balaban J connectivity index is 2.53. The van der Waals surface area contributed by atoms with Crippen LogP contribution in [0.15, 0.2) is 35.8 Å². The summed E-state index contributed by atoms with van der Waals surface area (Å²) in [6.45, 7) is 0. The molecular formula is C8H7N5O. The van der Waals surface area contributed by atoms with Crippen LogP contribution in [0.25, 0.3) is 5.82 Å². The van der Waals surface area contributed by atoms with Crippen molar-refractivity contribution in [3.63, 3.8) is 0 Å². The van der Waals surface area contributed by atoms with E-state index in [9.17, 15) is 4.91 Å². The second-order valence-electron chi connectivity index (χ2n) is 2.61. The molecule has 0 saturated carbocycles. The van der Waals surface area contributed by atoms with Crippen molar-refractivity contribution in [1.29, 1.82) is 0 Å². The molecule has 0 bridgehead atoms. The summed E-state index contributed by atoms with van der Waals surface area (Å²) in [6.07, 6.45) is 2.92. The number of hydrogen-bond donors (Lipinski definition) is 1. The van der Waals surface area contributed by atoms with Gasteiger partial charge in [0.1, 0.15) is 0 Å². The molecule has 0 aliphatic heterocycles. The molecule has 0 amide bonds. The monoisotopic (exact) mass is 189 g/mol. The van der Waals surface area contributed by atoms with Crippen molar-refractivity contribution in [3.05, 3.63) is 35.5 Å². The topological polar surface area (TPSA) is 86.2 Å². The van der Waals surface area contributed by atoms with E-state index in [1.54, 1.807) is 24.4 Å². The molecule has 6 nitrogen and oxygen atoms in total. The highest BCUT2D eigenvalue weighted by atomic mass is 16.3. The van der Waals surface area contributed by atoms with E-state index in [-0.39, 0.29) is 11.5 Å². The van der Waals surface area contributed by atoms with Crippen LogP contribution >= 0.6 is 0 Å². The third-order valence-corrected chi connectivity index (χ3v) is 1.75. The lowest BCUT2D eigenvalue weighted by Crippen LogP contribution is -2.03. The molecule has 0 atom stereocenters. The van der Waals surface area contributed by atoms with E-state index in [0.29, 0.717) is 5.82 Å². The van der Waals surface area contributed by atoms with Crippen molar-refractivity contribution in [2.75, 3.05) is 5.73 Å². The van der Waals surface area contributed by atoms with Crippen molar-refractivity contribution in [3.8, 4) is 5.82 Å². The molecule has 2 rings (SSSR count). The third kappa shape index (κ3) is 1.22. The molecule has 0 aromatic carbocycles. The zero-order valence-corrected chi connectivity index (χ0v) is 7.16. The van der Waals surface area contributed by atoms with Crippen LogP contribution in [-0.2, 0) is 0 Å². The number of nitrogens with two attached hydrogens (primary N) is 1. The first-order chi connectivity index (χ1) is 6.83. The quantitative estimate of drug-likeness (QED) is 0.720. The molecule has 0 radical (unpaired) electrons. The number of hydrogen-bond acceptors (Lipinski definition) is 5. The minimum absolute atomic E-state index is 0.121. The van der Waals surface area contributed by atoms with Crippen LogP contribution in [0, 0.1) is 4.91 Å². The molecule has 0 aliphatic rings. The number of nitrogen functional groups attached to an aromatic ring is 1. The minimum atomic E-state index is 0.121. The largest absolute Gasteiger partial charge is 0.382 e. The Kier molecular flexibility index (Phi) is 1.94. The molecule has 6 heteroatoms. The number of aromatic nitrogens is 3. The highest BCUT2D eigenvalue weighted by molar-refractivity contribution is 5.58. The lowest BCUT2D eigenvalue weighted by atomic mass is 10.4. The van der Waals surface area contributed by atoms with Crippen LogP contribution in [0.2, 0.25) is 0 Å². The second-order valence-corrected chi connectivity index (χ2v) is 2.61. The molecule has 0 spiro atoms. The smallest absolute Gasteiger partial charge is 0.170 e. The first-order valence-electron chi connectivity index (χ1n) is 3.91. The number of anilines is 1. The van der Waals surface area contributed by atoms with Gasteiger partial charge in [0, 0.05) is 6.20 Å². The minimum Gasteiger partial charge on any atom is -0.382 e. The molecule has 14 heavy (non-hydrogen) atoms. The zero-order chi connectivity index (χ0) is 9.97. The Morgan fingerprint density at radius 2 is 2.29 bits per heavy atom. The summed E-state index contributed by atoms with van der Waals surface area (Å²) >= 11 is 0. The number of pyridine rings is 1. The van der Waals surface area contributed by atoms with Crippen molar-refractivity contribution in [2.45, 2.75) is 0 Å². The maximum Gasteiger partial charge on any atom is 0.170 e. The summed E-state index contributed by atoms with van der Waals surface area (Å²) < 4.78 is 1.36. The first-order valence-corrected chi connectivity index (χ1v) is 3.91. The predicted molar refractivity (Wildman–Crippen MR) is 51.2 cm³/mol. The highest BCUT2D eigenvalue weighted by Crippen LogP contribution is 2.22. The van der Waals surface area contributed by atoms with Gasteiger partial charge in [0.2, 0.25) is 0 Å². The fraction of sp³-hybridized carbons (Fsp3) is 0. The lowest BCUT2D eigenvalue weighted by Gasteiger charge is -2.00. The highest BCUT2D eigenvalue weighted by Gasteiger charge is 2.09. The van der Waals surface area contributed by atoms with Gasteiger partial charge in [-0.25, -0.2) is 4.98 Å². The molecule has 0 saturated heterocycles. The van der Waals surface area contributed by atoms with Gasteiger partial charge in [-0.15, -0.1) is 4.91 Å². The van der Waals surface area contributed by atoms with Crippen LogP contribution in [0.3, 0.4) is 0 Å². The van der Waals surface area contributed by atoms with Gasteiger partial charge in [-0.1, -0.05) is 6.07 Å². The van der Waals surface area contributed by atoms with E-state index in [2.05, 4.69) is 15.3 Å². The van der Waals surface area contributed by atoms with Gasteiger partial charge in [0.15, 0.2) is 17.3 Å². The summed E-state index contributed by atoms with van der Waals surface area (Å²) in [7, 11) is 0. The average Bonchev–Trinajstić information content (AvgIpc) is 2.61. The Morgan fingerprint density at radius 1 is 1.43 bits per heavy atom. The van der Waals surface area contributed by atoms with Crippen LogP contribution in [0.4, 0.5) is 11.5 Å². The molecule has 0 aliphatic carbocycles. The number of nitroso groups, excluding NO2 is 1. The van der Waals surface area contributed by atoms with Crippen LogP contribution in [-0.4, -0.2) is 14.8 Å². The van der Waals surface area contributed by atoms with Crippen molar-refractivity contribution < 1.29 is 0 Å². The molecule has 70 valence electrons. The van der Waals surface area contributed by atoms with Gasteiger partial charge in [0.05, 0.1) is 6.20 Å². The van der Waals surface area contributed by atoms with Gasteiger partial charge in [-0.2, -0.15) is 9.78 Å². The van der Waals surface area contributed by atoms with E-state index in [1.807, 2.05) is 0 Å². The van der Waals surface area contributed by atoms with Crippen molar-refractivity contribution in [2.24, 2.45) is 5.18 Å². The van der Waals surface area contributed by atoms with E-state index < -0.39 is 0 Å². The van der Waals surface area contributed by atoms with Gasteiger partial charge < -0.3 is 5.73 Å². The Hall–Kier alpha value is -2.24. The fourth-order valence-electron chi connectivity index (χ4n) is 1.08. The van der Waals surface area contributed by atoms with Crippen molar-refractivity contribution >= 4 is 11.5 Å². The summed E-state index contributed by atoms with van der Waals surface area (Å²) in [5, 5.41) is 6.62. The van der Waals surface area contributed by atoms with E-state index in [1.165, 1.54) is 10.9 Å². The summed E-state index contributed by atoms with van der Waals surface area (Å²) in [5.41, 5.74) is 5.73. The van der Waals surface area contributed by atoms with Crippen LogP contribution in [0.1, 0.15) is 0 Å². The van der Waals surface area contributed by atoms with Gasteiger partial charge in [-0.3, -0.25) is 0 Å². The fourth-order valence-corrected chi connectivity index (χ4v) is 1.08. The SMILES string of the molecule is Nc1c(N=O)cnn1-c1ccccn1. The molecule has 0 unspecified atom stereocenters. The summed E-state index contributed by atoms with van der Waals surface area (Å²) in [5.74, 6) is 0.749. The molecular weight excluding hydrogens is 182 g/mol. The van der Waals surface area contributed by atoms with Crippen LogP contribution in [0.5, 0.6) is 0 Å². The maximum absolute atomic E-state index is 10.3. The van der Waals surface area contributed by atoms with Crippen molar-refractivity contribution in [1.82, 2.24) is 14.8 Å². The zero-order valence-electron chi connectivity index (χ0n) is 7.16. The third-order valence-electron chi connectivity index (χ3n) is 1.75. The average molecular weight is 189 g/mol. The van der Waals surface area contributed by atoms with E-state index in [4.69, 9.17) is 5.73 Å². The van der Waals surface area contributed by atoms with E-state index >= 15 is 0 Å². The van der Waals surface area contributed by atoms with E-state index in [0.717, 1.165) is 0 Å². The number of nitrogens with zero attached hydrogens (tertiary/aromatic N) is 4. The molecule has 2 aromatic heterocycles. The first kappa shape index (κ1) is 8.36. The molecule has 2 aromatic rings. The normalized spacial score (nSPS) is 10.0. The summed E-state index contributed by atoms with van der Waals surface area (Å²) in [4.78, 5) is 14.3. The maximum atomic E-state index is 10.3.